The first-order chi connectivity index (χ1) is 7.15. The molecule has 0 bridgehead atoms. The van der Waals surface area contributed by atoms with Gasteiger partial charge in [0.1, 0.15) is 0 Å². The molecule has 0 atom stereocenters. The molecule has 4 heteroatoms. The monoisotopic (exact) mass is 265 g/mol. The number of hydrogen-bond acceptors (Lipinski definition) is 2. The van der Waals surface area contributed by atoms with Crippen molar-refractivity contribution >= 4 is 21.6 Å². The minimum Gasteiger partial charge on any atom is -0.396 e. The molecule has 0 saturated carbocycles. The van der Waals surface area contributed by atoms with Gasteiger partial charge in [0.05, 0.1) is 17.9 Å². The fourth-order valence-electron chi connectivity index (χ4n) is 1.44. The average Bonchev–Trinajstić information content (AvgIpc) is 2.45. The summed E-state index contributed by atoms with van der Waals surface area (Å²) in [6.45, 7) is 2.66. The lowest BCUT2D eigenvalue weighted by atomic mass is 10.2. The van der Waals surface area contributed by atoms with Gasteiger partial charge in [-0.05, 0) is 24.6 Å². The summed E-state index contributed by atoms with van der Waals surface area (Å²) in [5.41, 5.74) is 8.55. The third kappa shape index (κ3) is 2.39. The number of nitrogen functional groups attached to an aromatic ring is 1. The zero-order valence-electron chi connectivity index (χ0n) is 8.44. The topological polar surface area (TPSA) is 43.8 Å². The van der Waals surface area contributed by atoms with Crippen molar-refractivity contribution in [2.45, 2.75) is 13.5 Å². The Bertz CT molecular complexity index is 457. The zero-order valence-corrected chi connectivity index (χ0v) is 10.0. The molecule has 2 N–H and O–H groups in total. The van der Waals surface area contributed by atoms with Crippen molar-refractivity contribution in [2.24, 2.45) is 0 Å². The highest BCUT2D eigenvalue weighted by Crippen LogP contribution is 2.14. The van der Waals surface area contributed by atoms with Gasteiger partial charge in [-0.1, -0.05) is 28.1 Å². The first kappa shape index (κ1) is 10.2. The average molecular weight is 266 g/mol. The molecule has 0 radical (unpaired) electrons. The quantitative estimate of drug-likeness (QED) is 0.907. The van der Waals surface area contributed by atoms with Crippen molar-refractivity contribution in [1.29, 1.82) is 0 Å². The van der Waals surface area contributed by atoms with Crippen LogP contribution in [0.4, 0.5) is 5.69 Å². The van der Waals surface area contributed by atoms with E-state index in [1.54, 1.807) is 0 Å². The van der Waals surface area contributed by atoms with Crippen LogP contribution in [-0.4, -0.2) is 9.78 Å². The standard InChI is InChI=1S/C11H12BrN3/c1-8-11(13)7-15(14-8)6-9-3-2-4-10(12)5-9/h2-5,7H,6,13H2,1H3. The Labute approximate surface area is 97.0 Å². The molecule has 2 aromatic rings. The van der Waals surface area contributed by atoms with Crippen molar-refractivity contribution in [1.82, 2.24) is 9.78 Å². The van der Waals surface area contributed by atoms with Crippen molar-refractivity contribution in [3.8, 4) is 0 Å². The molecule has 15 heavy (non-hydrogen) atoms. The first-order valence-corrected chi connectivity index (χ1v) is 5.48. The minimum absolute atomic E-state index is 0.741. The number of hydrogen-bond donors (Lipinski definition) is 1. The molecule has 0 aliphatic heterocycles. The predicted octanol–water partition coefficient (Wildman–Crippen LogP) is 2.58. The molecular weight excluding hydrogens is 254 g/mol. The van der Waals surface area contributed by atoms with Gasteiger partial charge < -0.3 is 5.73 Å². The summed E-state index contributed by atoms with van der Waals surface area (Å²) < 4.78 is 2.93. The van der Waals surface area contributed by atoms with Gasteiger partial charge in [-0.15, -0.1) is 0 Å². The summed E-state index contributed by atoms with van der Waals surface area (Å²) in [4.78, 5) is 0. The molecule has 78 valence electrons. The highest BCUT2D eigenvalue weighted by molar-refractivity contribution is 9.10. The summed E-state index contributed by atoms with van der Waals surface area (Å²) in [7, 11) is 0. The smallest absolute Gasteiger partial charge is 0.0823 e. The maximum absolute atomic E-state index is 5.73. The van der Waals surface area contributed by atoms with Gasteiger partial charge in [-0.25, -0.2) is 0 Å². The second-order valence-electron chi connectivity index (χ2n) is 3.50. The second kappa shape index (κ2) is 4.06. The Morgan fingerprint density at radius 2 is 2.27 bits per heavy atom. The second-order valence-corrected chi connectivity index (χ2v) is 4.41. The minimum atomic E-state index is 0.741. The lowest BCUT2D eigenvalue weighted by Gasteiger charge is -2.01. The van der Waals surface area contributed by atoms with Crippen LogP contribution in [0.1, 0.15) is 11.3 Å². The molecule has 1 aromatic heterocycles. The van der Waals surface area contributed by atoms with E-state index in [0.717, 1.165) is 22.4 Å². The first-order valence-electron chi connectivity index (χ1n) is 4.69. The van der Waals surface area contributed by atoms with Gasteiger partial charge in [0.25, 0.3) is 0 Å². The number of benzene rings is 1. The van der Waals surface area contributed by atoms with Crippen LogP contribution >= 0.6 is 15.9 Å². The molecular formula is C11H12BrN3. The number of rotatable bonds is 2. The van der Waals surface area contributed by atoms with E-state index in [-0.39, 0.29) is 0 Å². The summed E-state index contributed by atoms with van der Waals surface area (Å²) in [6.07, 6.45) is 1.86. The molecule has 0 aliphatic rings. The molecule has 0 spiro atoms. The van der Waals surface area contributed by atoms with Crippen molar-refractivity contribution < 1.29 is 0 Å². The van der Waals surface area contributed by atoms with E-state index in [4.69, 9.17) is 5.73 Å². The molecule has 0 aliphatic carbocycles. The predicted molar refractivity (Wildman–Crippen MR) is 64.6 cm³/mol. The SMILES string of the molecule is Cc1nn(Cc2cccc(Br)c2)cc1N. The summed E-state index contributed by atoms with van der Waals surface area (Å²) >= 11 is 3.44. The lowest BCUT2D eigenvalue weighted by Crippen LogP contribution is -2.00. The molecule has 0 saturated heterocycles. The number of nitrogens with two attached hydrogens (primary N) is 1. The molecule has 1 aromatic carbocycles. The number of anilines is 1. The third-order valence-electron chi connectivity index (χ3n) is 2.22. The highest BCUT2D eigenvalue weighted by Gasteiger charge is 2.01. The third-order valence-corrected chi connectivity index (χ3v) is 2.71. The highest BCUT2D eigenvalue weighted by atomic mass is 79.9. The zero-order chi connectivity index (χ0) is 10.8. The molecule has 2 rings (SSSR count). The normalized spacial score (nSPS) is 10.5. The van der Waals surface area contributed by atoms with Gasteiger partial charge in [-0.3, -0.25) is 4.68 Å². The van der Waals surface area contributed by atoms with Gasteiger partial charge in [-0.2, -0.15) is 5.10 Å². The van der Waals surface area contributed by atoms with E-state index in [1.807, 2.05) is 29.9 Å². The summed E-state index contributed by atoms with van der Waals surface area (Å²) in [6, 6.07) is 8.16. The lowest BCUT2D eigenvalue weighted by molar-refractivity contribution is 0.679. The Hall–Kier alpha value is -1.29. The summed E-state index contributed by atoms with van der Waals surface area (Å²) in [5.74, 6) is 0. The largest absolute Gasteiger partial charge is 0.396 e. The van der Waals surface area contributed by atoms with Crippen LogP contribution in [-0.2, 0) is 6.54 Å². The van der Waals surface area contributed by atoms with Gasteiger partial charge in [0, 0.05) is 10.7 Å². The van der Waals surface area contributed by atoms with Crippen molar-refractivity contribution in [3.63, 3.8) is 0 Å². The van der Waals surface area contributed by atoms with E-state index in [9.17, 15) is 0 Å². The van der Waals surface area contributed by atoms with E-state index in [1.165, 1.54) is 5.56 Å². The number of aromatic nitrogens is 2. The summed E-state index contributed by atoms with van der Waals surface area (Å²) in [5, 5.41) is 4.31. The van der Waals surface area contributed by atoms with Crippen LogP contribution in [0.2, 0.25) is 0 Å². The number of nitrogens with zero attached hydrogens (tertiary/aromatic N) is 2. The van der Waals surface area contributed by atoms with Crippen LogP contribution in [0.25, 0.3) is 0 Å². The molecule has 3 nitrogen and oxygen atoms in total. The molecule has 0 unspecified atom stereocenters. The Morgan fingerprint density at radius 1 is 1.47 bits per heavy atom. The van der Waals surface area contributed by atoms with E-state index in [0.29, 0.717) is 0 Å². The fraction of sp³-hybridized carbons (Fsp3) is 0.182. The van der Waals surface area contributed by atoms with Crippen molar-refractivity contribution in [2.75, 3.05) is 5.73 Å². The van der Waals surface area contributed by atoms with Crippen LogP contribution in [0.15, 0.2) is 34.9 Å². The van der Waals surface area contributed by atoms with E-state index < -0.39 is 0 Å². The van der Waals surface area contributed by atoms with Gasteiger partial charge in [0.2, 0.25) is 0 Å². The van der Waals surface area contributed by atoms with Crippen LogP contribution in [0.3, 0.4) is 0 Å². The van der Waals surface area contributed by atoms with Crippen LogP contribution in [0.5, 0.6) is 0 Å². The molecule has 0 fully saturated rings. The van der Waals surface area contributed by atoms with E-state index >= 15 is 0 Å². The van der Waals surface area contributed by atoms with Crippen LogP contribution in [0, 0.1) is 6.92 Å². The number of halogens is 1. The Morgan fingerprint density at radius 3 is 2.87 bits per heavy atom. The van der Waals surface area contributed by atoms with Gasteiger partial charge >= 0.3 is 0 Å². The van der Waals surface area contributed by atoms with Crippen molar-refractivity contribution in [3.05, 3.63) is 46.2 Å². The number of aryl methyl sites for hydroxylation is 1. The molecule has 0 amide bonds. The molecule has 1 heterocycles. The van der Waals surface area contributed by atoms with Gasteiger partial charge in [0.15, 0.2) is 0 Å². The fourth-order valence-corrected chi connectivity index (χ4v) is 1.88. The Kier molecular flexibility index (Phi) is 2.77. The van der Waals surface area contributed by atoms with Crippen LogP contribution < -0.4 is 5.73 Å². The maximum Gasteiger partial charge on any atom is 0.0823 e. The Balaban J connectivity index is 2.22. The van der Waals surface area contributed by atoms with E-state index in [2.05, 4.69) is 33.2 Å². The maximum atomic E-state index is 5.73.